The van der Waals surface area contributed by atoms with Gasteiger partial charge in [-0.05, 0) is 60.0 Å². The van der Waals surface area contributed by atoms with Gasteiger partial charge in [0.15, 0.2) is 0 Å². The van der Waals surface area contributed by atoms with Gasteiger partial charge in [0.05, 0.1) is 12.0 Å². The van der Waals surface area contributed by atoms with Gasteiger partial charge in [-0.3, -0.25) is 9.59 Å². The summed E-state index contributed by atoms with van der Waals surface area (Å²) in [6.07, 6.45) is 0. The molecular weight excluding hydrogens is 418 g/mol. The summed E-state index contributed by atoms with van der Waals surface area (Å²) in [6.45, 7) is 0. The summed E-state index contributed by atoms with van der Waals surface area (Å²) in [7, 11) is 1.62. The van der Waals surface area contributed by atoms with E-state index < -0.39 is 0 Å². The number of thiazole rings is 1. The van der Waals surface area contributed by atoms with Crippen LogP contribution in [0.3, 0.4) is 0 Å². The quantitative estimate of drug-likeness (QED) is 0.426. The number of hydrogen-bond donors (Lipinski definition) is 2. The molecule has 0 saturated carbocycles. The lowest BCUT2D eigenvalue weighted by molar-refractivity contribution is 0.101. The molecule has 4 rings (SSSR count). The van der Waals surface area contributed by atoms with Crippen molar-refractivity contribution in [2.75, 3.05) is 17.7 Å². The molecule has 2 aromatic heterocycles. The van der Waals surface area contributed by atoms with E-state index in [1.54, 1.807) is 42.8 Å². The van der Waals surface area contributed by atoms with Gasteiger partial charge in [0, 0.05) is 22.3 Å². The average Bonchev–Trinajstić information content (AvgIpc) is 3.48. The van der Waals surface area contributed by atoms with E-state index in [4.69, 9.17) is 4.74 Å². The molecule has 0 aliphatic heterocycles. The first kappa shape index (κ1) is 19.8. The lowest BCUT2D eigenvalue weighted by atomic mass is 10.2. The van der Waals surface area contributed by atoms with E-state index in [0.717, 1.165) is 16.3 Å². The van der Waals surface area contributed by atoms with Crippen LogP contribution in [0.2, 0.25) is 0 Å². The Morgan fingerprint density at radius 2 is 1.53 bits per heavy atom. The number of rotatable bonds is 6. The number of anilines is 2. The molecule has 30 heavy (non-hydrogen) atoms. The fraction of sp³-hybridized carbons (Fsp3) is 0.0455. The van der Waals surface area contributed by atoms with Crippen molar-refractivity contribution in [3.8, 4) is 16.3 Å². The Labute approximate surface area is 181 Å². The van der Waals surface area contributed by atoms with E-state index in [2.05, 4.69) is 15.6 Å². The van der Waals surface area contributed by atoms with Crippen LogP contribution in [0, 0.1) is 0 Å². The monoisotopic (exact) mass is 435 g/mol. The number of benzene rings is 2. The van der Waals surface area contributed by atoms with Crippen molar-refractivity contribution in [1.29, 1.82) is 0 Å². The summed E-state index contributed by atoms with van der Waals surface area (Å²) >= 11 is 2.78. The summed E-state index contributed by atoms with van der Waals surface area (Å²) in [5.74, 6) is 0.319. The second-order valence-electron chi connectivity index (χ2n) is 6.23. The number of methoxy groups -OCH3 is 1. The normalized spacial score (nSPS) is 10.4. The minimum Gasteiger partial charge on any atom is -0.497 e. The first-order valence-corrected chi connectivity index (χ1v) is 10.7. The topological polar surface area (TPSA) is 80.3 Å². The van der Waals surface area contributed by atoms with Crippen molar-refractivity contribution in [3.05, 3.63) is 82.0 Å². The average molecular weight is 436 g/mol. The zero-order chi connectivity index (χ0) is 20.9. The third kappa shape index (κ3) is 4.56. The Morgan fingerprint density at radius 3 is 2.13 bits per heavy atom. The van der Waals surface area contributed by atoms with Crippen LogP contribution >= 0.6 is 22.7 Å². The Kier molecular flexibility index (Phi) is 5.87. The summed E-state index contributed by atoms with van der Waals surface area (Å²) in [5.41, 5.74) is 2.54. The minimum atomic E-state index is -0.290. The van der Waals surface area contributed by atoms with E-state index >= 15 is 0 Å². The molecule has 6 nitrogen and oxygen atoms in total. The molecule has 2 N–H and O–H groups in total. The van der Waals surface area contributed by atoms with Crippen LogP contribution in [-0.2, 0) is 0 Å². The Morgan fingerprint density at radius 1 is 0.867 bits per heavy atom. The molecule has 0 fully saturated rings. The number of carbonyl (C=O) groups is 2. The van der Waals surface area contributed by atoms with E-state index in [-0.39, 0.29) is 11.8 Å². The molecule has 0 aliphatic rings. The molecule has 150 valence electrons. The number of amides is 2. The van der Waals surface area contributed by atoms with Crippen LogP contribution < -0.4 is 15.4 Å². The second-order valence-corrected chi connectivity index (χ2v) is 8.04. The third-order valence-electron chi connectivity index (χ3n) is 4.22. The van der Waals surface area contributed by atoms with Crippen molar-refractivity contribution in [3.63, 3.8) is 0 Å². The molecule has 2 heterocycles. The van der Waals surface area contributed by atoms with E-state index in [1.807, 2.05) is 35.7 Å². The molecule has 2 aromatic carbocycles. The van der Waals surface area contributed by atoms with Gasteiger partial charge in [-0.2, -0.15) is 0 Å². The zero-order valence-corrected chi connectivity index (χ0v) is 17.5. The fourth-order valence-electron chi connectivity index (χ4n) is 2.68. The predicted octanol–water partition coefficient (Wildman–Crippen LogP) is 5.38. The van der Waals surface area contributed by atoms with E-state index in [0.29, 0.717) is 21.9 Å². The lowest BCUT2D eigenvalue weighted by Crippen LogP contribution is -2.13. The van der Waals surface area contributed by atoms with Gasteiger partial charge in [0.2, 0.25) is 0 Å². The van der Waals surface area contributed by atoms with Gasteiger partial charge in [-0.15, -0.1) is 22.7 Å². The Hall–Kier alpha value is -3.49. The molecule has 0 aliphatic carbocycles. The van der Waals surface area contributed by atoms with Crippen LogP contribution in [-0.4, -0.2) is 23.9 Å². The molecule has 0 radical (unpaired) electrons. The molecule has 0 unspecified atom stereocenters. The molecule has 0 bridgehead atoms. The maximum Gasteiger partial charge on any atom is 0.275 e. The van der Waals surface area contributed by atoms with Crippen molar-refractivity contribution in [2.45, 2.75) is 0 Å². The molecule has 0 atom stereocenters. The highest BCUT2D eigenvalue weighted by Gasteiger charge is 2.13. The number of aromatic nitrogens is 1. The Balaban J connectivity index is 1.39. The van der Waals surface area contributed by atoms with Crippen molar-refractivity contribution in [2.24, 2.45) is 0 Å². The summed E-state index contributed by atoms with van der Waals surface area (Å²) < 4.78 is 5.16. The van der Waals surface area contributed by atoms with Gasteiger partial charge >= 0.3 is 0 Å². The molecule has 8 heteroatoms. The van der Waals surface area contributed by atoms with Gasteiger partial charge in [-0.25, -0.2) is 4.98 Å². The lowest BCUT2D eigenvalue weighted by Gasteiger charge is -2.06. The maximum absolute atomic E-state index is 12.5. The van der Waals surface area contributed by atoms with Gasteiger partial charge in [0.1, 0.15) is 16.5 Å². The van der Waals surface area contributed by atoms with Gasteiger partial charge in [0.25, 0.3) is 11.8 Å². The number of nitrogens with one attached hydrogen (secondary N) is 2. The number of ether oxygens (including phenoxy) is 1. The zero-order valence-electron chi connectivity index (χ0n) is 15.9. The van der Waals surface area contributed by atoms with Crippen LogP contribution in [0.4, 0.5) is 11.4 Å². The first-order chi connectivity index (χ1) is 14.6. The number of carbonyl (C=O) groups excluding carboxylic acids is 2. The predicted molar refractivity (Wildman–Crippen MR) is 121 cm³/mol. The minimum absolute atomic E-state index is 0.157. The molecule has 0 spiro atoms. The summed E-state index contributed by atoms with van der Waals surface area (Å²) in [4.78, 5) is 29.7. The van der Waals surface area contributed by atoms with E-state index in [1.165, 1.54) is 22.7 Å². The highest BCUT2D eigenvalue weighted by molar-refractivity contribution is 7.13. The number of thiophene rings is 1. The highest BCUT2D eigenvalue weighted by Crippen LogP contribution is 2.26. The first-order valence-electron chi connectivity index (χ1n) is 8.98. The summed E-state index contributed by atoms with van der Waals surface area (Å²) in [6, 6.07) is 18.1. The van der Waals surface area contributed by atoms with Crippen LogP contribution in [0.5, 0.6) is 5.75 Å². The second kappa shape index (κ2) is 8.89. The fourth-order valence-corrected chi connectivity index (χ4v) is 4.10. The number of nitrogens with zero attached hydrogens (tertiary/aromatic N) is 1. The van der Waals surface area contributed by atoms with Crippen LogP contribution in [0.15, 0.2) is 71.4 Å². The SMILES string of the molecule is COc1ccc(-c2nc(C(=O)Nc3ccc(NC(=O)c4cccs4)cc3)cs2)cc1. The van der Waals surface area contributed by atoms with Crippen molar-refractivity contribution < 1.29 is 14.3 Å². The maximum atomic E-state index is 12.5. The Bertz CT molecular complexity index is 1150. The molecular formula is C22H17N3O3S2. The number of hydrogen-bond acceptors (Lipinski definition) is 6. The van der Waals surface area contributed by atoms with Crippen molar-refractivity contribution >= 4 is 45.9 Å². The van der Waals surface area contributed by atoms with Crippen molar-refractivity contribution in [1.82, 2.24) is 4.98 Å². The van der Waals surface area contributed by atoms with Gasteiger partial charge < -0.3 is 15.4 Å². The van der Waals surface area contributed by atoms with Crippen LogP contribution in [0.25, 0.3) is 10.6 Å². The molecule has 0 saturated heterocycles. The smallest absolute Gasteiger partial charge is 0.275 e. The van der Waals surface area contributed by atoms with Gasteiger partial charge in [-0.1, -0.05) is 6.07 Å². The molecule has 4 aromatic rings. The third-order valence-corrected chi connectivity index (χ3v) is 5.98. The summed E-state index contributed by atoms with van der Waals surface area (Å²) in [5, 5.41) is 9.99. The van der Waals surface area contributed by atoms with E-state index in [9.17, 15) is 9.59 Å². The standard InChI is InChI=1S/C22H17N3O3S2/c1-28-17-10-4-14(5-11-17)22-25-18(13-30-22)20(26)23-15-6-8-16(9-7-15)24-21(27)19-3-2-12-29-19/h2-13H,1H3,(H,23,26)(H,24,27). The van der Waals surface area contributed by atoms with Crippen LogP contribution in [0.1, 0.15) is 20.2 Å². The largest absolute Gasteiger partial charge is 0.497 e. The highest BCUT2D eigenvalue weighted by atomic mass is 32.1. The molecule has 2 amide bonds.